The molecule has 0 bridgehead atoms. The maximum atomic E-state index is 12.3. The molecule has 1 aliphatic rings. The minimum atomic E-state index is -0.637. The van der Waals surface area contributed by atoms with Crippen LogP contribution in [0.3, 0.4) is 0 Å². The Morgan fingerprint density at radius 3 is 2.52 bits per heavy atom. The highest BCUT2D eigenvalue weighted by molar-refractivity contribution is 5.95. The van der Waals surface area contributed by atoms with Crippen LogP contribution >= 0.6 is 0 Å². The molecular formula is C26H26N2O5. The summed E-state index contributed by atoms with van der Waals surface area (Å²) in [6.07, 6.45) is 1.43. The van der Waals surface area contributed by atoms with Gasteiger partial charge in [-0.05, 0) is 53.9 Å². The van der Waals surface area contributed by atoms with Crippen molar-refractivity contribution < 1.29 is 23.9 Å². The molecule has 0 saturated carbocycles. The molecule has 1 heterocycles. The van der Waals surface area contributed by atoms with E-state index in [0.29, 0.717) is 18.7 Å². The van der Waals surface area contributed by atoms with E-state index < -0.39 is 5.97 Å². The highest BCUT2D eigenvalue weighted by Crippen LogP contribution is 2.25. The van der Waals surface area contributed by atoms with Crippen molar-refractivity contribution in [3.63, 3.8) is 0 Å². The van der Waals surface area contributed by atoms with Crippen LogP contribution in [0.2, 0.25) is 0 Å². The van der Waals surface area contributed by atoms with E-state index in [-0.39, 0.29) is 31.1 Å². The zero-order chi connectivity index (χ0) is 23.2. The van der Waals surface area contributed by atoms with Crippen LogP contribution in [0.5, 0.6) is 5.75 Å². The molecule has 0 aromatic heterocycles. The van der Waals surface area contributed by atoms with Crippen molar-refractivity contribution in [2.24, 2.45) is 0 Å². The lowest BCUT2D eigenvalue weighted by Gasteiger charge is -2.17. The largest absolute Gasteiger partial charge is 0.482 e. The third kappa shape index (κ3) is 5.49. The number of anilines is 1. The van der Waals surface area contributed by atoms with Crippen molar-refractivity contribution in [1.29, 1.82) is 0 Å². The molecule has 7 nitrogen and oxygen atoms in total. The summed E-state index contributed by atoms with van der Waals surface area (Å²) in [5.41, 5.74) is 1.81. The first-order chi connectivity index (χ1) is 16.0. The highest BCUT2D eigenvalue weighted by Gasteiger charge is 2.21. The van der Waals surface area contributed by atoms with Crippen LogP contribution in [0, 0.1) is 0 Å². The summed E-state index contributed by atoms with van der Waals surface area (Å²) >= 11 is 0. The van der Waals surface area contributed by atoms with Gasteiger partial charge >= 0.3 is 5.97 Å². The van der Waals surface area contributed by atoms with Gasteiger partial charge in [0.05, 0.1) is 6.04 Å². The Bertz CT molecular complexity index is 1150. The number of nitrogens with one attached hydrogen (secondary N) is 1. The molecule has 1 atom stereocenters. The number of amides is 2. The van der Waals surface area contributed by atoms with Crippen LogP contribution in [0.1, 0.15) is 31.4 Å². The fraction of sp³-hybridized carbons (Fsp3) is 0.269. The number of nitrogens with zero attached hydrogens (tertiary/aromatic N) is 1. The fourth-order valence-electron chi connectivity index (χ4n) is 3.96. The third-order valence-corrected chi connectivity index (χ3v) is 5.61. The Morgan fingerprint density at radius 2 is 1.76 bits per heavy atom. The summed E-state index contributed by atoms with van der Waals surface area (Å²) < 4.78 is 10.5. The molecule has 0 aliphatic carbocycles. The highest BCUT2D eigenvalue weighted by atomic mass is 16.6. The molecule has 4 rings (SSSR count). The fourth-order valence-corrected chi connectivity index (χ4v) is 3.96. The van der Waals surface area contributed by atoms with Gasteiger partial charge in [0.2, 0.25) is 5.91 Å². The predicted molar refractivity (Wildman–Crippen MR) is 125 cm³/mol. The summed E-state index contributed by atoms with van der Waals surface area (Å²) in [6, 6.07) is 20.6. The van der Waals surface area contributed by atoms with Crippen LogP contribution < -0.4 is 15.0 Å². The van der Waals surface area contributed by atoms with E-state index in [2.05, 4.69) is 5.32 Å². The van der Waals surface area contributed by atoms with E-state index in [1.165, 1.54) is 0 Å². The van der Waals surface area contributed by atoms with Crippen molar-refractivity contribution in [3.05, 3.63) is 72.3 Å². The number of esters is 1. The number of carbonyl (C=O) groups excluding carboxylic acids is 3. The average Bonchev–Trinajstić information content (AvgIpc) is 3.27. The zero-order valence-corrected chi connectivity index (χ0v) is 18.5. The van der Waals surface area contributed by atoms with E-state index in [1.54, 1.807) is 29.2 Å². The average molecular weight is 447 g/mol. The zero-order valence-electron chi connectivity index (χ0n) is 18.5. The van der Waals surface area contributed by atoms with Gasteiger partial charge in [0.1, 0.15) is 5.75 Å². The standard InChI is InChI=1S/C26H26N2O5/c1-18(22-9-4-7-19-6-2-3-8-23(19)22)27-24(29)16-33-26(31)17-32-21-13-11-20(12-14-21)28-15-5-10-25(28)30/h2-4,6-9,11-14,18H,5,10,15-17H2,1H3,(H,27,29). The van der Waals surface area contributed by atoms with Crippen LogP contribution in [0.25, 0.3) is 10.8 Å². The van der Waals surface area contributed by atoms with Crippen LogP contribution in [0.15, 0.2) is 66.7 Å². The van der Waals surface area contributed by atoms with Crippen molar-refractivity contribution in [2.75, 3.05) is 24.7 Å². The number of fused-ring (bicyclic) bond motifs is 1. The summed E-state index contributed by atoms with van der Waals surface area (Å²) in [4.78, 5) is 37.8. The molecule has 1 fully saturated rings. The summed E-state index contributed by atoms with van der Waals surface area (Å²) in [5.74, 6) is -0.429. The van der Waals surface area contributed by atoms with Gasteiger partial charge in [-0.25, -0.2) is 4.79 Å². The second-order valence-electron chi connectivity index (χ2n) is 7.95. The molecule has 0 spiro atoms. The number of rotatable bonds is 8. The summed E-state index contributed by atoms with van der Waals surface area (Å²) in [6.45, 7) is 1.91. The van der Waals surface area contributed by atoms with Gasteiger partial charge in [0.25, 0.3) is 5.91 Å². The molecule has 3 aromatic rings. The first-order valence-electron chi connectivity index (χ1n) is 11.0. The molecule has 1 aliphatic heterocycles. The Morgan fingerprint density at radius 1 is 1.00 bits per heavy atom. The van der Waals surface area contributed by atoms with Gasteiger partial charge in [0.15, 0.2) is 13.2 Å². The molecular weight excluding hydrogens is 420 g/mol. The van der Waals surface area contributed by atoms with Crippen molar-refractivity contribution in [2.45, 2.75) is 25.8 Å². The molecule has 1 unspecified atom stereocenters. The Labute approximate surface area is 192 Å². The van der Waals surface area contributed by atoms with Crippen molar-refractivity contribution in [3.8, 4) is 5.75 Å². The Kier molecular flexibility index (Phi) is 6.88. The lowest BCUT2D eigenvalue weighted by molar-refractivity contribution is -0.150. The topological polar surface area (TPSA) is 84.9 Å². The molecule has 2 amide bonds. The van der Waals surface area contributed by atoms with Crippen molar-refractivity contribution in [1.82, 2.24) is 5.32 Å². The SMILES string of the molecule is CC(NC(=O)COC(=O)COc1ccc(N2CCCC2=O)cc1)c1cccc2ccccc12. The normalized spacial score (nSPS) is 14.2. The molecule has 3 aromatic carbocycles. The van der Waals surface area contributed by atoms with Gasteiger partial charge in [-0.2, -0.15) is 0 Å². The van der Waals surface area contributed by atoms with E-state index in [1.807, 2.05) is 49.4 Å². The molecule has 0 radical (unpaired) electrons. The summed E-state index contributed by atoms with van der Waals surface area (Å²) in [5, 5.41) is 5.03. The number of ether oxygens (including phenoxy) is 2. The molecule has 33 heavy (non-hydrogen) atoms. The first kappa shape index (κ1) is 22.3. The minimum absolute atomic E-state index is 0.111. The Hall–Kier alpha value is -3.87. The molecule has 7 heteroatoms. The maximum absolute atomic E-state index is 12.3. The predicted octanol–water partition coefficient (Wildman–Crippen LogP) is 3.77. The van der Waals surface area contributed by atoms with E-state index in [9.17, 15) is 14.4 Å². The second kappa shape index (κ2) is 10.2. The van der Waals surface area contributed by atoms with E-state index in [4.69, 9.17) is 9.47 Å². The van der Waals surface area contributed by atoms with Gasteiger partial charge in [-0.1, -0.05) is 42.5 Å². The molecule has 1 saturated heterocycles. The second-order valence-corrected chi connectivity index (χ2v) is 7.95. The van der Waals surface area contributed by atoms with Gasteiger partial charge in [-0.3, -0.25) is 9.59 Å². The lowest BCUT2D eigenvalue weighted by atomic mass is 10.00. The van der Waals surface area contributed by atoms with Gasteiger partial charge in [0, 0.05) is 18.7 Å². The minimum Gasteiger partial charge on any atom is -0.482 e. The van der Waals surface area contributed by atoms with Gasteiger partial charge < -0.3 is 19.7 Å². The maximum Gasteiger partial charge on any atom is 0.344 e. The number of hydrogen-bond acceptors (Lipinski definition) is 5. The Balaban J connectivity index is 1.22. The monoisotopic (exact) mass is 446 g/mol. The van der Waals surface area contributed by atoms with Gasteiger partial charge in [-0.15, -0.1) is 0 Å². The molecule has 1 N–H and O–H groups in total. The van der Waals surface area contributed by atoms with Crippen LogP contribution in [-0.2, 0) is 19.1 Å². The van der Waals surface area contributed by atoms with Crippen LogP contribution in [0.4, 0.5) is 5.69 Å². The lowest BCUT2D eigenvalue weighted by Crippen LogP contribution is -2.32. The van der Waals surface area contributed by atoms with E-state index in [0.717, 1.165) is 28.4 Å². The van der Waals surface area contributed by atoms with Crippen molar-refractivity contribution >= 4 is 34.2 Å². The number of carbonyl (C=O) groups is 3. The quantitative estimate of drug-likeness (QED) is 0.533. The number of benzene rings is 3. The summed E-state index contributed by atoms with van der Waals surface area (Å²) in [7, 11) is 0. The third-order valence-electron chi connectivity index (χ3n) is 5.61. The van der Waals surface area contributed by atoms with E-state index >= 15 is 0 Å². The first-order valence-corrected chi connectivity index (χ1v) is 11.0. The number of hydrogen-bond donors (Lipinski definition) is 1. The van der Waals surface area contributed by atoms with Crippen LogP contribution in [-0.4, -0.2) is 37.5 Å². The smallest absolute Gasteiger partial charge is 0.344 e. The molecule has 170 valence electrons.